The molecule has 4 heteroatoms. The first-order chi connectivity index (χ1) is 8.34. The number of nitrogens with zero attached hydrogens (tertiary/aromatic N) is 2. The summed E-state index contributed by atoms with van der Waals surface area (Å²) in [6.07, 6.45) is 0. The Kier molecular flexibility index (Phi) is 3.97. The highest BCUT2D eigenvalue weighted by atomic mass is 16.4. The van der Waals surface area contributed by atoms with Crippen molar-refractivity contribution >= 4 is 11.7 Å². The molecule has 0 radical (unpaired) electrons. The number of likely N-dealkylation sites (N-methyl/N-ethyl adjacent to an activating group) is 1. The summed E-state index contributed by atoms with van der Waals surface area (Å²) in [4.78, 5) is 13.1. The zero-order chi connectivity index (χ0) is 13.9. The van der Waals surface area contributed by atoms with Crippen LogP contribution >= 0.6 is 0 Å². The summed E-state index contributed by atoms with van der Waals surface area (Å²) in [5.41, 5.74) is 1.13. The second-order valence-electron chi connectivity index (χ2n) is 4.74. The van der Waals surface area contributed by atoms with Crippen LogP contribution in [0.4, 0.5) is 5.69 Å². The lowest BCUT2D eigenvalue weighted by Gasteiger charge is -2.36. The second kappa shape index (κ2) is 5.09. The molecule has 1 N–H and O–H groups in total. The molecular formula is C14H18N2O2. The number of hydrogen-bond donors (Lipinski definition) is 1. The van der Waals surface area contributed by atoms with Gasteiger partial charge in [-0.3, -0.25) is 0 Å². The summed E-state index contributed by atoms with van der Waals surface area (Å²) in [5.74, 6) is -0.908. The highest BCUT2D eigenvalue weighted by molar-refractivity contribution is 5.83. The fraction of sp³-hybridized carbons (Fsp3) is 0.429. The summed E-state index contributed by atoms with van der Waals surface area (Å²) >= 11 is 0. The molecule has 96 valence electrons. The molecule has 0 amide bonds. The predicted octanol–water partition coefficient (Wildman–Crippen LogP) is 2.56. The van der Waals surface area contributed by atoms with E-state index in [1.54, 1.807) is 24.8 Å². The van der Waals surface area contributed by atoms with E-state index in [9.17, 15) is 9.90 Å². The number of carbonyl (C=O) groups is 1. The predicted molar refractivity (Wildman–Crippen MR) is 70.6 cm³/mol. The van der Waals surface area contributed by atoms with Crippen LogP contribution < -0.4 is 4.90 Å². The van der Waals surface area contributed by atoms with Crippen LogP contribution in [0.5, 0.6) is 0 Å². The third kappa shape index (κ3) is 2.45. The molecule has 4 nitrogen and oxygen atoms in total. The van der Waals surface area contributed by atoms with Gasteiger partial charge in [-0.1, -0.05) is 6.07 Å². The van der Waals surface area contributed by atoms with Crippen LogP contribution in [-0.4, -0.2) is 23.2 Å². The summed E-state index contributed by atoms with van der Waals surface area (Å²) < 4.78 is 0. The fourth-order valence-corrected chi connectivity index (χ4v) is 1.94. The number of aliphatic carboxylic acids is 1. The Hall–Kier alpha value is -2.02. The number of nitriles is 1. The van der Waals surface area contributed by atoms with Gasteiger partial charge in [0.2, 0.25) is 0 Å². The first-order valence-electron chi connectivity index (χ1n) is 5.86. The van der Waals surface area contributed by atoms with E-state index in [0.717, 1.165) is 5.56 Å². The number of aryl methyl sites for hydroxylation is 1. The lowest BCUT2D eigenvalue weighted by molar-refractivity contribution is -0.142. The third-order valence-corrected chi connectivity index (χ3v) is 3.08. The molecule has 0 aliphatic rings. The van der Waals surface area contributed by atoms with Crippen LogP contribution in [0.1, 0.15) is 31.9 Å². The minimum atomic E-state index is -1.05. The molecule has 1 aromatic carbocycles. The van der Waals surface area contributed by atoms with Gasteiger partial charge in [-0.15, -0.1) is 0 Å². The van der Waals surface area contributed by atoms with Crippen LogP contribution in [0, 0.1) is 18.3 Å². The minimum absolute atomic E-state index is 0.497. The van der Waals surface area contributed by atoms with Crippen molar-refractivity contribution in [2.75, 3.05) is 11.4 Å². The van der Waals surface area contributed by atoms with Crippen molar-refractivity contribution in [3.63, 3.8) is 0 Å². The molecule has 1 aromatic rings. The van der Waals surface area contributed by atoms with Crippen molar-refractivity contribution in [1.29, 1.82) is 5.26 Å². The standard InChI is InChI=1S/C14H18N2O2/c1-5-16(14(3,4)13(17)18)12-8-10(2)6-7-11(12)9-15/h6-8H,5H2,1-4H3,(H,17,18). The number of benzene rings is 1. The quantitative estimate of drug-likeness (QED) is 0.886. The molecule has 0 aromatic heterocycles. The molecule has 0 unspecified atom stereocenters. The van der Waals surface area contributed by atoms with Gasteiger partial charge in [0, 0.05) is 6.54 Å². The van der Waals surface area contributed by atoms with Gasteiger partial charge in [0.05, 0.1) is 11.3 Å². The van der Waals surface area contributed by atoms with Crippen LogP contribution in [0.3, 0.4) is 0 Å². The van der Waals surface area contributed by atoms with E-state index in [1.807, 2.05) is 26.0 Å². The summed E-state index contributed by atoms with van der Waals surface area (Å²) in [6.45, 7) is 7.61. The lowest BCUT2D eigenvalue weighted by atomic mass is 9.99. The van der Waals surface area contributed by atoms with Crippen LogP contribution in [0.15, 0.2) is 18.2 Å². The highest BCUT2D eigenvalue weighted by Gasteiger charge is 2.34. The van der Waals surface area contributed by atoms with E-state index in [1.165, 1.54) is 0 Å². The van der Waals surface area contributed by atoms with Crippen LogP contribution in [-0.2, 0) is 4.79 Å². The summed E-state index contributed by atoms with van der Waals surface area (Å²) in [5, 5.41) is 18.4. The van der Waals surface area contributed by atoms with E-state index in [4.69, 9.17) is 5.26 Å². The maximum atomic E-state index is 11.4. The van der Waals surface area contributed by atoms with E-state index >= 15 is 0 Å². The number of rotatable bonds is 4. The maximum absolute atomic E-state index is 11.4. The zero-order valence-corrected chi connectivity index (χ0v) is 11.2. The largest absolute Gasteiger partial charge is 0.480 e. The minimum Gasteiger partial charge on any atom is -0.480 e. The van der Waals surface area contributed by atoms with Crippen molar-refractivity contribution in [3.05, 3.63) is 29.3 Å². The number of hydrogen-bond acceptors (Lipinski definition) is 3. The average Bonchev–Trinajstić information content (AvgIpc) is 2.29. The van der Waals surface area contributed by atoms with E-state index in [0.29, 0.717) is 17.8 Å². The van der Waals surface area contributed by atoms with Gasteiger partial charge in [0.1, 0.15) is 11.6 Å². The number of carboxylic acids is 1. The molecule has 0 aliphatic carbocycles. The Morgan fingerprint density at radius 2 is 2.11 bits per heavy atom. The zero-order valence-electron chi connectivity index (χ0n) is 11.2. The molecule has 0 heterocycles. The van der Waals surface area contributed by atoms with E-state index in [2.05, 4.69) is 6.07 Å². The topological polar surface area (TPSA) is 64.3 Å². The van der Waals surface area contributed by atoms with Gasteiger partial charge in [-0.2, -0.15) is 5.26 Å². The van der Waals surface area contributed by atoms with Gasteiger partial charge < -0.3 is 10.0 Å². The fourth-order valence-electron chi connectivity index (χ4n) is 1.94. The van der Waals surface area contributed by atoms with Crippen LogP contribution in [0.25, 0.3) is 0 Å². The Labute approximate surface area is 107 Å². The monoisotopic (exact) mass is 246 g/mol. The molecule has 18 heavy (non-hydrogen) atoms. The Morgan fingerprint density at radius 3 is 2.56 bits per heavy atom. The number of carboxylic acid groups (broad SMARTS) is 1. The lowest BCUT2D eigenvalue weighted by Crippen LogP contribution is -2.50. The summed E-state index contributed by atoms with van der Waals surface area (Å²) in [7, 11) is 0. The highest BCUT2D eigenvalue weighted by Crippen LogP contribution is 2.28. The Bertz CT molecular complexity index is 501. The van der Waals surface area contributed by atoms with Gasteiger partial charge in [0.25, 0.3) is 0 Å². The average molecular weight is 246 g/mol. The van der Waals surface area contributed by atoms with Crippen molar-refractivity contribution in [1.82, 2.24) is 0 Å². The molecular weight excluding hydrogens is 228 g/mol. The van der Waals surface area contributed by atoms with Crippen molar-refractivity contribution in [3.8, 4) is 6.07 Å². The SMILES string of the molecule is CCN(c1cc(C)ccc1C#N)C(C)(C)C(=O)O. The van der Waals surface area contributed by atoms with E-state index < -0.39 is 11.5 Å². The Balaban J connectivity index is 3.38. The Morgan fingerprint density at radius 1 is 1.50 bits per heavy atom. The summed E-state index contributed by atoms with van der Waals surface area (Å²) in [6, 6.07) is 7.55. The second-order valence-corrected chi connectivity index (χ2v) is 4.74. The van der Waals surface area contributed by atoms with Gasteiger partial charge in [-0.05, 0) is 45.4 Å². The molecule has 0 bridgehead atoms. The van der Waals surface area contributed by atoms with Crippen LogP contribution in [0.2, 0.25) is 0 Å². The first-order valence-corrected chi connectivity index (χ1v) is 5.86. The normalized spacial score (nSPS) is 10.8. The van der Waals surface area contributed by atoms with Crippen molar-refractivity contribution in [2.24, 2.45) is 0 Å². The van der Waals surface area contributed by atoms with Crippen molar-refractivity contribution < 1.29 is 9.90 Å². The third-order valence-electron chi connectivity index (χ3n) is 3.08. The molecule has 0 saturated heterocycles. The molecule has 0 aliphatic heterocycles. The smallest absolute Gasteiger partial charge is 0.328 e. The molecule has 0 saturated carbocycles. The van der Waals surface area contributed by atoms with Gasteiger partial charge in [-0.25, -0.2) is 4.79 Å². The van der Waals surface area contributed by atoms with Gasteiger partial charge in [0.15, 0.2) is 0 Å². The molecule has 0 spiro atoms. The van der Waals surface area contributed by atoms with E-state index in [-0.39, 0.29) is 0 Å². The van der Waals surface area contributed by atoms with Gasteiger partial charge >= 0.3 is 5.97 Å². The number of anilines is 1. The molecule has 1 rings (SSSR count). The maximum Gasteiger partial charge on any atom is 0.328 e. The first kappa shape index (κ1) is 14.0. The molecule has 0 fully saturated rings. The van der Waals surface area contributed by atoms with Crippen molar-refractivity contribution in [2.45, 2.75) is 33.2 Å². The molecule has 0 atom stereocenters.